The molecule has 0 bridgehead atoms. The molecule has 2 aromatic carbocycles. The van der Waals surface area contributed by atoms with E-state index in [4.69, 9.17) is 0 Å². The van der Waals surface area contributed by atoms with Crippen LogP contribution in [0.5, 0.6) is 0 Å². The highest BCUT2D eigenvalue weighted by molar-refractivity contribution is 7.89. The van der Waals surface area contributed by atoms with Crippen molar-refractivity contribution in [2.75, 3.05) is 6.54 Å². The van der Waals surface area contributed by atoms with Crippen LogP contribution in [-0.4, -0.2) is 19.3 Å². The Balaban J connectivity index is 2.36. The van der Waals surface area contributed by atoms with E-state index in [9.17, 15) is 8.42 Å². The summed E-state index contributed by atoms with van der Waals surface area (Å²) in [6.07, 6.45) is 0. The third-order valence-corrected chi connectivity index (χ3v) is 5.04. The Labute approximate surface area is 133 Å². The van der Waals surface area contributed by atoms with E-state index in [1.54, 1.807) is 28.6 Å². The molecule has 0 aromatic heterocycles. The van der Waals surface area contributed by atoms with Crippen molar-refractivity contribution in [3.8, 4) is 0 Å². The molecule has 0 N–H and O–H groups in total. The molecule has 0 heterocycles. The zero-order valence-electron chi connectivity index (χ0n) is 13.4. The summed E-state index contributed by atoms with van der Waals surface area (Å²) in [5.74, 6) is 0. The highest BCUT2D eigenvalue weighted by atomic mass is 32.2. The zero-order chi connectivity index (χ0) is 16.2. The molecular weight excluding hydrogens is 294 g/mol. The van der Waals surface area contributed by atoms with Gasteiger partial charge in [-0.25, -0.2) is 8.42 Å². The molecule has 0 saturated heterocycles. The van der Waals surface area contributed by atoms with Gasteiger partial charge in [-0.2, -0.15) is 4.31 Å². The Morgan fingerprint density at radius 3 is 1.86 bits per heavy atom. The Morgan fingerprint density at radius 1 is 0.864 bits per heavy atom. The van der Waals surface area contributed by atoms with Crippen molar-refractivity contribution in [2.24, 2.45) is 5.41 Å². The molecule has 2 rings (SSSR count). The lowest BCUT2D eigenvalue weighted by molar-refractivity contribution is 0.277. The molecule has 3 nitrogen and oxygen atoms in total. The van der Waals surface area contributed by atoms with Gasteiger partial charge in [0.2, 0.25) is 10.0 Å². The maximum atomic E-state index is 12.9. The second-order valence-electron chi connectivity index (χ2n) is 6.63. The summed E-state index contributed by atoms with van der Waals surface area (Å²) in [7, 11) is -3.50. The third kappa shape index (κ3) is 4.42. The Bertz CT molecular complexity index is 689. The van der Waals surface area contributed by atoms with Crippen LogP contribution >= 0.6 is 0 Å². The van der Waals surface area contributed by atoms with Gasteiger partial charge in [-0.15, -0.1) is 0 Å². The van der Waals surface area contributed by atoms with E-state index in [-0.39, 0.29) is 5.41 Å². The van der Waals surface area contributed by atoms with Crippen molar-refractivity contribution < 1.29 is 8.42 Å². The lowest BCUT2D eigenvalue weighted by Crippen LogP contribution is -2.37. The van der Waals surface area contributed by atoms with Crippen LogP contribution in [0, 0.1) is 5.41 Å². The van der Waals surface area contributed by atoms with Gasteiger partial charge in [0.1, 0.15) is 0 Å². The maximum absolute atomic E-state index is 12.9. The van der Waals surface area contributed by atoms with Gasteiger partial charge in [0.05, 0.1) is 4.90 Å². The van der Waals surface area contributed by atoms with Crippen LogP contribution in [0.1, 0.15) is 26.3 Å². The van der Waals surface area contributed by atoms with Crippen LogP contribution in [0.25, 0.3) is 0 Å². The highest BCUT2D eigenvalue weighted by Crippen LogP contribution is 2.24. The minimum absolute atomic E-state index is 0.114. The summed E-state index contributed by atoms with van der Waals surface area (Å²) in [6, 6.07) is 18.3. The molecule has 0 spiro atoms. The molecule has 0 atom stereocenters. The Hall–Kier alpha value is -1.65. The summed E-state index contributed by atoms with van der Waals surface area (Å²) < 4.78 is 27.4. The standard InChI is InChI=1S/C18H23NO2S/c1-18(2,3)15-19(14-16-10-6-4-7-11-16)22(20,21)17-12-8-5-9-13-17/h4-13H,14-15H2,1-3H3. The zero-order valence-corrected chi connectivity index (χ0v) is 14.2. The maximum Gasteiger partial charge on any atom is 0.243 e. The normalized spacial score (nSPS) is 12.5. The van der Waals surface area contributed by atoms with Gasteiger partial charge >= 0.3 is 0 Å². The van der Waals surface area contributed by atoms with E-state index in [1.807, 2.05) is 57.2 Å². The first kappa shape index (κ1) is 16.7. The molecule has 0 radical (unpaired) electrons. The smallest absolute Gasteiger partial charge is 0.207 e. The van der Waals surface area contributed by atoms with Crippen LogP contribution in [0.4, 0.5) is 0 Å². The van der Waals surface area contributed by atoms with Crippen molar-refractivity contribution in [3.05, 3.63) is 66.2 Å². The molecule has 22 heavy (non-hydrogen) atoms. The van der Waals surface area contributed by atoms with Crippen LogP contribution < -0.4 is 0 Å². The fourth-order valence-electron chi connectivity index (χ4n) is 2.28. The first-order valence-electron chi connectivity index (χ1n) is 7.38. The van der Waals surface area contributed by atoms with Crippen LogP contribution in [0.15, 0.2) is 65.6 Å². The van der Waals surface area contributed by atoms with Crippen molar-refractivity contribution in [1.82, 2.24) is 4.31 Å². The number of benzene rings is 2. The van der Waals surface area contributed by atoms with Gasteiger partial charge in [-0.1, -0.05) is 69.3 Å². The lowest BCUT2D eigenvalue weighted by Gasteiger charge is -2.29. The first-order valence-corrected chi connectivity index (χ1v) is 8.82. The molecule has 4 heteroatoms. The van der Waals surface area contributed by atoms with Crippen molar-refractivity contribution in [1.29, 1.82) is 0 Å². The van der Waals surface area contributed by atoms with E-state index in [0.29, 0.717) is 18.0 Å². The molecule has 0 fully saturated rings. The van der Waals surface area contributed by atoms with Crippen molar-refractivity contribution >= 4 is 10.0 Å². The Kier molecular flexibility index (Phi) is 5.04. The SMILES string of the molecule is CC(C)(C)CN(Cc1ccccc1)S(=O)(=O)c1ccccc1. The lowest BCUT2D eigenvalue weighted by atomic mass is 9.97. The van der Waals surface area contributed by atoms with Crippen molar-refractivity contribution in [3.63, 3.8) is 0 Å². The van der Waals surface area contributed by atoms with E-state index in [2.05, 4.69) is 0 Å². The quantitative estimate of drug-likeness (QED) is 0.838. The average Bonchev–Trinajstić information content (AvgIpc) is 2.47. The van der Waals surface area contributed by atoms with Gasteiger partial charge < -0.3 is 0 Å². The number of rotatable bonds is 5. The minimum atomic E-state index is -3.50. The van der Waals surface area contributed by atoms with E-state index in [0.717, 1.165) is 5.56 Å². The summed E-state index contributed by atoms with van der Waals surface area (Å²) in [4.78, 5) is 0.343. The van der Waals surface area contributed by atoms with E-state index < -0.39 is 10.0 Å². The van der Waals surface area contributed by atoms with Crippen LogP contribution in [0.3, 0.4) is 0 Å². The second-order valence-corrected chi connectivity index (χ2v) is 8.57. The molecule has 118 valence electrons. The monoisotopic (exact) mass is 317 g/mol. The number of nitrogens with zero attached hydrogens (tertiary/aromatic N) is 1. The molecular formula is C18H23NO2S. The van der Waals surface area contributed by atoms with Crippen LogP contribution in [-0.2, 0) is 16.6 Å². The largest absolute Gasteiger partial charge is 0.243 e. The average molecular weight is 317 g/mol. The minimum Gasteiger partial charge on any atom is -0.207 e. The third-order valence-electron chi connectivity index (χ3n) is 3.23. The Morgan fingerprint density at radius 2 is 1.36 bits per heavy atom. The van der Waals surface area contributed by atoms with Gasteiger partial charge in [-0.3, -0.25) is 0 Å². The molecule has 0 saturated carbocycles. The molecule has 0 unspecified atom stereocenters. The molecule has 0 aliphatic rings. The molecule has 2 aromatic rings. The van der Waals surface area contributed by atoms with Gasteiger partial charge in [0.25, 0.3) is 0 Å². The van der Waals surface area contributed by atoms with E-state index >= 15 is 0 Å². The van der Waals surface area contributed by atoms with Gasteiger partial charge in [0, 0.05) is 13.1 Å². The first-order chi connectivity index (χ1) is 10.3. The molecule has 0 amide bonds. The fraction of sp³-hybridized carbons (Fsp3) is 0.333. The highest BCUT2D eigenvalue weighted by Gasteiger charge is 2.28. The molecule has 0 aliphatic heterocycles. The summed E-state index contributed by atoms with van der Waals surface area (Å²) >= 11 is 0. The topological polar surface area (TPSA) is 37.4 Å². The number of hydrogen-bond donors (Lipinski definition) is 0. The summed E-state index contributed by atoms with van der Waals surface area (Å²) in [5, 5.41) is 0. The second kappa shape index (κ2) is 6.63. The fourth-order valence-corrected chi connectivity index (χ4v) is 3.96. The van der Waals surface area contributed by atoms with Crippen LogP contribution in [0.2, 0.25) is 0 Å². The van der Waals surface area contributed by atoms with Gasteiger partial charge in [-0.05, 0) is 23.1 Å². The number of sulfonamides is 1. The van der Waals surface area contributed by atoms with Gasteiger partial charge in [0.15, 0.2) is 0 Å². The van der Waals surface area contributed by atoms with E-state index in [1.165, 1.54) is 0 Å². The van der Waals surface area contributed by atoms with Crippen molar-refractivity contribution in [2.45, 2.75) is 32.2 Å². The predicted molar refractivity (Wildman–Crippen MR) is 89.9 cm³/mol. The number of hydrogen-bond acceptors (Lipinski definition) is 2. The molecule has 0 aliphatic carbocycles. The predicted octanol–water partition coefficient (Wildman–Crippen LogP) is 3.92. The summed E-state index contributed by atoms with van der Waals surface area (Å²) in [6.45, 7) is 7.00. The summed E-state index contributed by atoms with van der Waals surface area (Å²) in [5.41, 5.74) is 0.877.